The van der Waals surface area contributed by atoms with Gasteiger partial charge in [-0.15, -0.1) is 0 Å². The molecule has 0 aliphatic carbocycles. The highest BCUT2D eigenvalue weighted by molar-refractivity contribution is 6.30. The lowest BCUT2D eigenvalue weighted by molar-refractivity contribution is 0.0657. The van der Waals surface area contributed by atoms with Crippen LogP contribution in [0.25, 0.3) is 11.3 Å². The number of nitrogens with zero attached hydrogens (tertiary/aromatic N) is 3. The van der Waals surface area contributed by atoms with Gasteiger partial charge in [0.2, 0.25) is 0 Å². The maximum Gasteiger partial charge on any atom is 0.283 e. The summed E-state index contributed by atoms with van der Waals surface area (Å²) in [6.07, 6.45) is 0. The number of piperazine rings is 1. The smallest absolute Gasteiger partial charge is 0.283 e. The molecule has 1 fully saturated rings. The summed E-state index contributed by atoms with van der Waals surface area (Å²) < 4.78 is 0. The van der Waals surface area contributed by atoms with Crippen LogP contribution < -0.4 is 5.43 Å². The van der Waals surface area contributed by atoms with Gasteiger partial charge in [0.1, 0.15) is 5.69 Å². The van der Waals surface area contributed by atoms with Gasteiger partial charge in [0.15, 0.2) is 0 Å². The summed E-state index contributed by atoms with van der Waals surface area (Å²) in [6, 6.07) is 9.10. The normalized spacial score (nSPS) is 16.6. The van der Waals surface area contributed by atoms with Crippen molar-refractivity contribution in [3.8, 4) is 11.3 Å². The number of aromatic nitrogens is 2. The lowest BCUT2D eigenvalue weighted by Crippen LogP contribution is -2.52. The molecule has 2 aromatic rings. The van der Waals surface area contributed by atoms with E-state index in [1.165, 1.54) is 0 Å². The zero-order valence-corrected chi connectivity index (χ0v) is 13.1. The fraction of sp³-hybridized carbons (Fsp3) is 0.333. The van der Waals surface area contributed by atoms with Gasteiger partial charge in [-0.05, 0) is 25.2 Å². The first-order valence-electron chi connectivity index (χ1n) is 7.17. The molecule has 7 heteroatoms. The second kappa shape index (κ2) is 6.48. The number of aromatic amines is 1. The maximum atomic E-state index is 12.2. The van der Waals surface area contributed by atoms with Crippen LogP contribution in [0.15, 0.2) is 30.3 Å². The van der Waals surface area contributed by atoms with Gasteiger partial charge < -0.3 is 4.90 Å². The van der Waals surface area contributed by atoms with E-state index in [4.69, 9.17) is 11.6 Å². The number of rotatable bonds is 3. The van der Waals surface area contributed by atoms with Crippen LogP contribution in [0.5, 0.6) is 0 Å². The van der Waals surface area contributed by atoms with Gasteiger partial charge in [-0.3, -0.25) is 15.3 Å². The Hall–Kier alpha value is -1.89. The molecule has 1 aliphatic rings. The van der Waals surface area contributed by atoms with Crippen molar-refractivity contribution in [3.63, 3.8) is 0 Å². The third-order valence-electron chi connectivity index (χ3n) is 3.73. The average Bonchev–Trinajstić information content (AvgIpc) is 3.00. The largest absolute Gasteiger partial charge is 0.304 e. The first-order valence-corrected chi connectivity index (χ1v) is 7.55. The molecule has 2 N–H and O–H groups in total. The van der Waals surface area contributed by atoms with E-state index in [1.807, 2.05) is 17.1 Å². The van der Waals surface area contributed by atoms with E-state index >= 15 is 0 Å². The summed E-state index contributed by atoms with van der Waals surface area (Å²) in [7, 11) is 2.08. The van der Waals surface area contributed by atoms with Gasteiger partial charge in [0.25, 0.3) is 5.91 Å². The zero-order valence-electron chi connectivity index (χ0n) is 12.3. The predicted octanol–water partition coefficient (Wildman–Crippen LogP) is 1.62. The minimum atomic E-state index is -0.169. The third kappa shape index (κ3) is 3.47. The summed E-state index contributed by atoms with van der Waals surface area (Å²) in [5, 5.41) is 9.58. The van der Waals surface area contributed by atoms with Gasteiger partial charge in [0.05, 0.1) is 5.69 Å². The van der Waals surface area contributed by atoms with Crippen molar-refractivity contribution in [1.29, 1.82) is 0 Å². The number of hydrazine groups is 1. The Balaban J connectivity index is 1.65. The van der Waals surface area contributed by atoms with Crippen LogP contribution in [-0.2, 0) is 0 Å². The molecule has 6 nitrogen and oxygen atoms in total. The highest BCUT2D eigenvalue weighted by atomic mass is 35.5. The number of carbonyl (C=O) groups excluding carboxylic acids is 1. The van der Waals surface area contributed by atoms with Crippen molar-refractivity contribution in [3.05, 3.63) is 41.0 Å². The number of benzene rings is 1. The second-order valence-electron chi connectivity index (χ2n) is 5.41. The van der Waals surface area contributed by atoms with Gasteiger partial charge in [-0.1, -0.05) is 23.7 Å². The van der Waals surface area contributed by atoms with Crippen molar-refractivity contribution in [1.82, 2.24) is 25.5 Å². The van der Waals surface area contributed by atoms with Crippen molar-refractivity contribution in [2.75, 3.05) is 33.2 Å². The highest BCUT2D eigenvalue weighted by Crippen LogP contribution is 2.20. The predicted molar refractivity (Wildman–Crippen MR) is 85.6 cm³/mol. The molecule has 0 atom stereocenters. The molecule has 116 valence electrons. The number of hydrogen-bond donors (Lipinski definition) is 2. The molecule has 22 heavy (non-hydrogen) atoms. The van der Waals surface area contributed by atoms with Crippen LogP contribution >= 0.6 is 11.6 Å². The van der Waals surface area contributed by atoms with Crippen LogP contribution in [0, 0.1) is 0 Å². The quantitative estimate of drug-likeness (QED) is 0.902. The lowest BCUT2D eigenvalue weighted by Gasteiger charge is -2.32. The van der Waals surface area contributed by atoms with Crippen molar-refractivity contribution in [2.24, 2.45) is 0 Å². The molecule has 1 aromatic carbocycles. The molecule has 1 aliphatic heterocycles. The minimum Gasteiger partial charge on any atom is -0.304 e. The minimum absolute atomic E-state index is 0.169. The van der Waals surface area contributed by atoms with Crippen molar-refractivity contribution in [2.45, 2.75) is 0 Å². The van der Waals surface area contributed by atoms with E-state index in [9.17, 15) is 4.79 Å². The first-order chi connectivity index (χ1) is 10.6. The summed E-state index contributed by atoms with van der Waals surface area (Å²) in [5.41, 5.74) is 4.99. The molecule has 0 radical (unpaired) electrons. The Morgan fingerprint density at radius 1 is 1.23 bits per heavy atom. The van der Waals surface area contributed by atoms with Crippen molar-refractivity contribution < 1.29 is 4.79 Å². The Morgan fingerprint density at radius 3 is 2.59 bits per heavy atom. The molecule has 0 saturated carbocycles. The SMILES string of the molecule is CN1CCN(NC(=O)c2cc(-c3ccc(Cl)cc3)n[nH]2)CC1. The topological polar surface area (TPSA) is 64.3 Å². The number of amides is 1. The van der Waals surface area contributed by atoms with Gasteiger partial charge in [0, 0.05) is 36.8 Å². The van der Waals surface area contributed by atoms with Gasteiger partial charge in [-0.2, -0.15) is 5.10 Å². The van der Waals surface area contributed by atoms with Crippen LogP contribution in [-0.4, -0.2) is 59.2 Å². The second-order valence-corrected chi connectivity index (χ2v) is 5.84. The van der Waals surface area contributed by atoms with Crippen LogP contribution in [0.4, 0.5) is 0 Å². The highest BCUT2D eigenvalue weighted by Gasteiger charge is 2.18. The lowest BCUT2D eigenvalue weighted by atomic mass is 10.1. The number of halogens is 1. The fourth-order valence-electron chi connectivity index (χ4n) is 2.33. The zero-order chi connectivity index (χ0) is 15.5. The van der Waals surface area contributed by atoms with Crippen LogP contribution in [0.3, 0.4) is 0 Å². The van der Waals surface area contributed by atoms with E-state index < -0.39 is 0 Å². The van der Waals surface area contributed by atoms with Crippen LogP contribution in [0.2, 0.25) is 5.02 Å². The first kappa shape index (κ1) is 15.0. The summed E-state index contributed by atoms with van der Waals surface area (Å²) >= 11 is 5.87. The molecule has 1 saturated heterocycles. The standard InChI is InChI=1S/C15H18ClN5O/c1-20-6-8-21(9-7-20)19-15(22)14-10-13(17-18-14)11-2-4-12(16)5-3-11/h2-5,10H,6-9H2,1H3,(H,17,18)(H,19,22). The number of hydrogen-bond acceptors (Lipinski definition) is 4. The Bertz CT molecular complexity index is 646. The molecule has 1 amide bonds. The maximum absolute atomic E-state index is 12.2. The molecule has 2 heterocycles. The third-order valence-corrected chi connectivity index (χ3v) is 3.98. The number of H-pyrrole nitrogens is 1. The number of carbonyl (C=O) groups is 1. The molecule has 3 rings (SSSR count). The Kier molecular flexibility index (Phi) is 4.42. The van der Waals surface area contributed by atoms with E-state index in [-0.39, 0.29) is 5.91 Å². The number of nitrogens with one attached hydrogen (secondary N) is 2. The van der Waals surface area contributed by atoms with E-state index in [1.54, 1.807) is 18.2 Å². The summed E-state index contributed by atoms with van der Waals surface area (Å²) in [5.74, 6) is -0.169. The van der Waals surface area contributed by atoms with E-state index in [2.05, 4.69) is 27.6 Å². The molecule has 1 aromatic heterocycles. The monoisotopic (exact) mass is 319 g/mol. The molecular weight excluding hydrogens is 302 g/mol. The molecular formula is C15H18ClN5O. The van der Waals surface area contributed by atoms with Crippen molar-refractivity contribution >= 4 is 17.5 Å². The summed E-state index contributed by atoms with van der Waals surface area (Å²) in [6.45, 7) is 3.53. The van der Waals surface area contributed by atoms with Crippen LogP contribution in [0.1, 0.15) is 10.5 Å². The van der Waals surface area contributed by atoms with E-state index in [0.29, 0.717) is 10.7 Å². The van der Waals surface area contributed by atoms with E-state index in [0.717, 1.165) is 37.4 Å². The van der Waals surface area contributed by atoms with Gasteiger partial charge >= 0.3 is 0 Å². The Labute approximate surface area is 134 Å². The Morgan fingerprint density at radius 2 is 1.91 bits per heavy atom. The molecule has 0 bridgehead atoms. The summed E-state index contributed by atoms with van der Waals surface area (Å²) in [4.78, 5) is 14.5. The van der Waals surface area contributed by atoms with Gasteiger partial charge in [-0.25, -0.2) is 5.01 Å². The molecule has 0 spiro atoms. The average molecular weight is 320 g/mol. The molecule has 0 unspecified atom stereocenters. The number of likely N-dealkylation sites (N-methyl/N-ethyl adjacent to an activating group) is 1. The fourth-order valence-corrected chi connectivity index (χ4v) is 2.45.